The monoisotopic (exact) mass is 615 g/mol. The van der Waals surface area contributed by atoms with Gasteiger partial charge in [-0.3, -0.25) is 4.79 Å². The fourth-order valence-electron chi connectivity index (χ4n) is 3.30. The Kier molecular flexibility index (Phi) is 7.21. The van der Waals surface area contributed by atoms with E-state index in [1.807, 2.05) is 0 Å². The summed E-state index contributed by atoms with van der Waals surface area (Å²) >= 11 is 25.0. The van der Waals surface area contributed by atoms with Crippen LogP contribution in [0.2, 0.25) is 10.0 Å². The smallest absolute Gasteiger partial charge is 0.258 e. The van der Waals surface area contributed by atoms with E-state index in [1.54, 1.807) is 36.5 Å². The molecule has 3 aromatic rings. The molecule has 0 saturated heterocycles. The highest BCUT2D eigenvalue weighted by Crippen LogP contribution is 2.33. The number of carbonyl (C=O) groups is 1. The van der Waals surface area contributed by atoms with Gasteiger partial charge < -0.3 is 10.6 Å². The van der Waals surface area contributed by atoms with Crippen molar-refractivity contribution in [1.29, 1.82) is 0 Å². The number of benzene rings is 1. The third-order valence-electron chi connectivity index (χ3n) is 5.08. The van der Waals surface area contributed by atoms with Crippen molar-refractivity contribution in [2.45, 2.75) is 25.8 Å². The van der Waals surface area contributed by atoms with E-state index in [-0.39, 0.29) is 11.9 Å². The van der Waals surface area contributed by atoms with E-state index in [2.05, 4.69) is 59.5 Å². The highest BCUT2D eigenvalue weighted by Gasteiger charge is 2.29. The van der Waals surface area contributed by atoms with Gasteiger partial charge >= 0.3 is 0 Å². The molecule has 1 atom stereocenters. The van der Waals surface area contributed by atoms with Crippen molar-refractivity contribution in [1.82, 2.24) is 20.1 Å². The predicted octanol–water partition coefficient (Wildman–Crippen LogP) is 6.42. The molecule has 0 aliphatic heterocycles. The summed E-state index contributed by atoms with van der Waals surface area (Å²) in [4.78, 5) is 18.1. The molecule has 1 amide bonds. The molecule has 1 aliphatic carbocycles. The Morgan fingerprint density at radius 1 is 1.28 bits per heavy atom. The van der Waals surface area contributed by atoms with E-state index in [0.29, 0.717) is 52.8 Å². The number of anilines is 1. The van der Waals surface area contributed by atoms with E-state index < -0.39 is 0 Å². The molecule has 1 fully saturated rings. The first-order valence-electron chi connectivity index (χ1n) is 9.72. The second-order valence-corrected chi connectivity index (χ2v) is 10.4. The molecule has 1 aliphatic rings. The third-order valence-corrected chi connectivity index (χ3v) is 6.94. The number of halogens is 4. The van der Waals surface area contributed by atoms with Crippen LogP contribution in [-0.2, 0) is 0 Å². The Morgan fingerprint density at radius 2 is 2.03 bits per heavy atom. The summed E-state index contributed by atoms with van der Waals surface area (Å²) in [6.07, 6.45) is 3.96. The van der Waals surface area contributed by atoms with Gasteiger partial charge in [-0.15, -0.1) is 0 Å². The number of nitrogens with one attached hydrogen (secondary N) is 2. The number of aromatic nitrogens is 3. The summed E-state index contributed by atoms with van der Waals surface area (Å²) in [5.74, 6) is 0.997. The van der Waals surface area contributed by atoms with Gasteiger partial charge in [0.05, 0.1) is 10.6 Å². The van der Waals surface area contributed by atoms with Crippen molar-refractivity contribution in [3.63, 3.8) is 0 Å². The average molecular weight is 618 g/mol. The van der Waals surface area contributed by atoms with Crippen LogP contribution >= 0.6 is 67.3 Å². The summed E-state index contributed by atoms with van der Waals surface area (Å²) in [5.41, 5.74) is 0.913. The van der Waals surface area contributed by atoms with Crippen LogP contribution < -0.4 is 10.6 Å². The average Bonchev–Trinajstić information content (AvgIpc) is 3.51. The molecule has 1 unspecified atom stereocenters. The lowest BCUT2D eigenvalue weighted by atomic mass is 10.1. The Labute approximate surface area is 217 Å². The minimum absolute atomic E-state index is 0.222. The van der Waals surface area contributed by atoms with Crippen molar-refractivity contribution in [3.8, 4) is 5.82 Å². The lowest BCUT2D eigenvalue weighted by molar-refractivity contribution is 0.102. The first kappa shape index (κ1) is 23.6. The van der Waals surface area contributed by atoms with Crippen LogP contribution in [-0.4, -0.2) is 31.7 Å². The van der Waals surface area contributed by atoms with Crippen LogP contribution in [0.4, 0.5) is 5.82 Å². The van der Waals surface area contributed by atoms with Gasteiger partial charge in [-0.1, -0.05) is 35.4 Å². The largest absolute Gasteiger partial charge is 0.373 e. The first-order chi connectivity index (χ1) is 15.2. The molecule has 0 bridgehead atoms. The number of rotatable bonds is 6. The minimum Gasteiger partial charge on any atom is -0.373 e. The molecule has 6 nitrogen and oxygen atoms in total. The van der Waals surface area contributed by atoms with Crippen LogP contribution in [0.25, 0.3) is 5.82 Å². The highest BCUT2D eigenvalue weighted by atomic mass is 79.9. The Hall–Kier alpha value is -1.52. The number of carbonyl (C=O) groups excluding carboxylic acids is 1. The molecular weight excluding hydrogens is 601 g/mol. The first-order valence-corrected chi connectivity index (χ1v) is 12.5. The Morgan fingerprint density at radius 3 is 2.72 bits per heavy atom. The summed E-state index contributed by atoms with van der Waals surface area (Å²) in [5, 5.41) is 11.4. The number of amides is 1. The molecule has 1 saturated carbocycles. The number of pyridine rings is 1. The molecule has 1 aromatic carbocycles. The van der Waals surface area contributed by atoms with E-state index in [9.17, 15) is 4.79 Å². The van der Waals surface area contributed by atoms with Crippen molar-refractivity contribution < 1.29 is 4.79 Å². The maximum Gasteiger partial charge on any atom is 0.258 e. The molecular formula is C21H17Br2Cl2N5OS. The van der Waals surface area contributed by atoms with Crippen LogP contribution in [0.1, 0.15) is 35.7 Å². The van der Waals surface area contributed by atoms with Crippen molar-refractivity contribution in [2.75, 3.05) is 5.32 Å². The quantitative estimate of drug-likeness (QED) is 0.313. The third kappa shape index (κ3) is 5.17. The van der Waals surface area contributed by atoms with Gasteiger partial charge in [-0.05, 0) is 81.8 Å². The normalized spacial score (nSPS) is 14.2. The maximum absolute atomic E-state index is 13.4. The zero-order chi connectivity index (χ0) is 23.0. The topological polar surface area (TPSA) is 71.8 Å². The fraction of sp³-hybridized carbons (Fsp3) is 0.238. The predicted molar refractivity (Wildman–Crippen MR) is 138 cm³/mol. The molecule has 2 heterocycles. The minimum atomic E-state index is -0.382. The molecule has 0 spiro atoms. The number of hydrogen-bond acceptors (Lipinski definition) is 4. The van der Waals surface area contributed by atoms with Crippen molar-refractivity contribution in [3.05, 3.63) is 66.8 Å². The fourth-order valence-corrected chi connectivity index (χ4v) is 5.21. The molecule has 0 radical (unpaired) electrons. The van der Waals surface area contributed by atoms with Crippen LogP contribution in [0, 0.1) is 5.92 Å². The molecule has 11 heteroatoms. The Bertz CT molecular complexity index is 1210. The summed E-state index contributed by atoms with van der Waals surface area (Å²) in [7, 11) is 0. The number of nitrogens with zero attached hydrogens (tertiary/aromatic N) is 3. The number of thiocarbonyl (C=S) groups is 1. The molecule has 166 valence electrons. The molecule has 4 rings (SSSR count). The zero-order valence-corrected chi connectivity index (χ0v) is 22.2. The Balaban J connectivity index is 1.67. The maximum atomic E-state index is 13.4. The molecule has 2 N–H and O–H groups in total. The summed E-state index contributed by atoms with van der Waals surface area (Å²) in [6, 6.07) is 8.66. The van der Waals surface area contributed by atoms with Crippen LogP contribution in [0.3, 0.4) is 0 Å². The number of hydrogen-bond donors (Lipinski definition) is 2. The van der Waals surface area contributed by atoms with Crippen molar-refractivity contribution in [2.24, 2.45) is 5.92 Å². The second-order valence-electron chi connectivity index (χ2n) is 7.44. The lowest BCUT2D eigenvalue weighted by Gasteiger charge is -2.19. The highest BCUT2D eigenvalue weighted by molar-refractivity contribution is 9.10. The van der Waals surface area contributed by atoms with Gasteiger partial charge in [0.15, 0.2) is 5.82 Å². The van der Waals surface area contributed by atoms with Crippen LogP contribution in [0.15, 0.2) is 45.6 Å². The second kappa shape index (κ2) is 9.77. The van der Waals surface area contributed by atoms with E-state index in [0.717, 1.165) is 0 Å². The van der Waals surface area contributed by atoms with E-state index in [4.69, 9.17) is 35.4 Å². The van der Waals surface area contributed by atoms with E-state index in [1.165, 1.54) is 17.5 Å². The van der Waals surface area contributed by atoms with E-state index >= 15 is 0 Å². The standard InChI is InChI=1S/C21H17Br2Cl2N5OS/c1-10(11-4-5-11)27-21(32)13-7-12(24)8-14(22)18(13)20(31)28-17-9-16(23)29-30(17)19-15(25)3-2-6-26-19/h2-3,6-11H,4-5H2,1H3,(H,27,32)(H,28,31). The van der Waals surface area contributed by atoms with Gasteiger partial charge in [0.1, 0.15) is 15.4 Å². The van der Waals surface area contributed by atoms with Gasteiger partial charge in [0, 0.05) is 33.4 Å². The van der Waals surface area contributed by atoms with Gasteiger partial charge in [0.25, 0.3) is 5.91 Å². The SMILES string of the molecule is CC(NC(=S)c1cc(Cl)cc(Br)c1C(=O)Nc1cc(Br)nn1-c1ncccc1Cl)C1CC1. The lowest BCUT2D eigenvalue weighted by Crippen LogP contribution is -2.34. The summed E-state index contributed by atoms with van der Waals surface area (Å²) < 4.78 is 2.50. The van der Waals surface area contributed by atoms with Gasteiger partial charge in [-0.2, -0.15) is 9.78 Å². The van der Waals surface area contributed by atoms with Crippen LogP contribution in [0.5, 0.6) is 0 Å². The summed E-state index contributed by atoms with van der Waals surface area (Å²) in [6.45, 7) is 2.09. The van der Waals surface area contributed by atoms with Gasteiger partial charge in [0.2, 0.25) is 0 Å². The zero-order valence-electron chi connectivity index (χ0n) is 16.7. The molecule has 2 aromatic heterocycles. The van der Waals surface area contributed by atoms with Crippen molar-refractivity contribution >= 4 is 84.0 Å². The van der Waals surface area contributed by atoms with Gasteiger partial charge in [-0.25, -0.2) is 4.98 Å². The molecule has 32 heavy (non-hydrogen) atoms.